The van der Waals surface area contributed by atoms with Gasteiger partial charge in [-0.15, -0.1) is 0 Å². The van der Waals surface area contributed by atoms with E-state index in [1.165, 1.54) is 19.5 Å². The minimum atomic E-state index is -0.365. The zero-order valence-electron chi connectivity index (χ0n) is 16.8. The molecular formula is C22H27N3O4. The Hall–Kier alpha value is -3.09. The second-order valence-corrected chi connectivity index (χ2v) is 7.51. The van der Waals surface area contributed by atoms with Crippen molar-refractivity contribution in [2.75, 3.05) is 13.1 Å². The number of hydrogen-bond donors (Lipinski definition) is 2. The lowest BCUT2D eigenvalue weighted by atomic mass is 10.0. The van der Waals surface area contributed by atoms with Crippen molar-refractivity contribution in [2.24, 2.45) is 0 Å². The minimum absolute atomic E-state index is 0.0203. The first-order chi connectivity index (χ1) is 13.9. The van der Waals surface area contributed by atoms with Crippen molar-refractivity contribution in [1.82, 2.24) is 15.5 Å². The first-order valence-corrected chi connectivity index (χ1v) is 9.87. The maximum Gasteiger partial charge on any atom is 0.257 e. The molecule has 3 rings (SSSR count). The van der Waals surface area contributed by atoms with E-state index in [-0.39, 0.29) is 36.2 Å². The minimum Gasteiger partial charge on any atom is -0.472 e. The smallest absolute Gasteiger partial charge is 0.257 e. The summed E-state index contributed by atoms with van der Waals surface area (Å²) >= 11 is 0. The quantitative estimate of drug-likeness (QED) is 0.784. The molecule has 29 heavy (non-hydrogen) atoms. The number of aryl methyl sites for hydroxylation is 1. The summed E-state index contributed by atoms with van der Waals surface area (Å²) in [6.45, 7) is 4.61. The molecule has 0 radical (unpaired) electrons. The van der Waals surface area contributed by atoms with Gasteiger partial charge in [-0.3, -0.25) is 14.4 Å². The van der Waals surface area contributed by atoms with Gasteiger partial charge >= 0.3 is 0 Å². The second-order valence-electron chi connectivity index (χ2n) is 7.51. The van der Waals surface area contributed by atoms with Crippen molar-refractivity contribution in [2.45, 2.75) is 45.2 Å². The van der Waals surface area contributed by atoms with Crippen LogP contribution in [0.3, 0.4) is 0 Å². The molecule has 1 saturated heterocycles. The summed E-state index contributed by atoms with van der Waals surface area (Å²) in [7, 11) is 0. The van der Waals surface area contributed by atoms with Crippen molar-refractivity contribution < 1.29 is 18.8 Å². The van der Waals surface area contributed by atoms with Gasteiger partial charge < -0.3 is 20.0 Å². The average molecular weight is 397 g/mol. The van der Waals surface area contributed by atoms with E-state index in [9.17, 15) is 14.4 Å². The van der Waals surface area contributed by atoms with Crippen LogP contribution < -0.4 is 10.6 Å². The molecule has 0 aliphatic carbocycles. The third kappa shape index (κ3) is 5.70. The zero-order chi connectivity index (χ0) is 20.8. The summed E-state index contributed by atoms with van der Waals surface area (Å²) in [5, 5.41) is 5.91. The predicted molar refractivity (Wildman–Crippen MR) is 108 cm³/mol. The maximum absolute atomic E-state index is 12.6. The Labute approximate surface area is 170 Å². The molecule has 3 amide bonds. The number of amides is 3. The van der Waals surface area contributed by atoms with Gasteiger partial charge in [0.2, 0.25) is 11.8 Å². The predicted octanol–water partition coefficient (Wildman–Crippen LogP) is 2.58. The largest absolute Gasteiger partial charge is 0.472 e. The van der Waals surface area contributed by atoms with Crippen LogP contribution in [0.5, 0.6) is 0 Å². The first kappa shape index (κ1) is 20.6. The number of piperidine rings is 1. The van der Waals surface area contributed by atoms with Gasteiger partial charge in [0.25, 0.3) is 5.91 Å². The fraction of sp³-hybridized carbons (Fsp3) is 0.409. The van der Waals surface area contributed by atoms with Gasteiger partial charge in [0.1, 0.15) is 6.26 Å². The van der Waals surface area contributed by atoms with Crippen LogP contribution in [0.15, 0.2) is 47.3 Å². The van der Waals surface area contributed by atoms with E-state index in [4.69, 9.17) is 4.42 Å². The number of benzene rings is 1. The Kier molecular flexibility index (Phi) is 6.69. The molecule has 1 aromatic carbocycles. The first-order valence-electron chi connectivity index (χ1n) is 9.87. The van der Waals surface area contributed by atoms with Crippen LogP contribution in [0, 0.1) is 6.92 Å². The molecule has 2 N–H and O–H groups in total. The van der Waals surface area contributed by atoms with Gasteiger partial charge in [-0.2, -0.15) is 0 Å². The molecule has 1 fully saturated rings. The average Bonchev–Trinajstić information content (AvgIpc) is 3.22. The molecule has 1 unspecified atom stereocenters. The SMILES string of the molecule is CC(=O)NC(CC(=O)NC1CCN(C(=O)c2ccoc2)CC1)c1ccc(C)cc1. The van der Waals surface area contributed by atoms with Crippen molar-refractivity contribution in [3.8, 4) is 0 Å². The van der Waals surface area contributed by atoms with E-state index in [1.54, 1.807) is 11.0 Å². The molecular weight excluding hydrogens is 370 g/mol. The van der Waals surface area contributed by atoms with E-state index in [0.717, 1.165) is 11.1 Å². The highest BCUT2D eigenvalue weighted by molar-refractivity contribution is 5.93. The highest BCUT2D eigenvalue weighted by Crippen LogP contribution is 2.19. The fourth-order valence-corrected chi connectivity index (χ4v) is 3.56. The molecule has 0 bridgehead atoms. The lowest BCUT2D eigenvalue weighted by molar-refractivity contribution is -0.123. The van der Waals surface area contributed by atoms with Gasteiger partial charge in [0.05, 0.1) is 24.3 Å². The Morgan fingerprint density at radius 1 is 1.14 bits per heavy atom. The van der Waals surface area contributed by atoms with Crippen LogP contribution in [-0.4, -0.2) is 41.8 Å². The molecule has 2 aromatic rings. The van der Waals surface area contributed by atoms with Crippen LogP contribution in [-0.2, 0) is 9.59 Å². The van der Waals surface area contributed by atoms with E-state index in [0.29, 0.717) is 31.5 Å². The number of furan rings is 1. The normalized spacial score (nSPS) is 15.6. The van der Waals surface area contributed by atoms with Crippen LogP contribution in [0.1, 0.15) is 53.7 Å². The molecule has 1 aliphatic heterocycles. The Morgan fingerprint density at radius 3 is 2.41 bits per heavy atom. The van der Waals surface area contributed by atoms with Crippen molar-refractivity contribution in [3.63, 3.8) is 0 Å². The molecule has 1 aliphatic rings. The molecule has 0 spiro atoms. The lowest BCUT2D eigenvalue weighted by Crippen LogP contribution is -2.47. The maximum atomic E-state index is 12.6. The van der Waals surface area contributed by atoms with Gasteiger partial charge in [-0.25, -0.2) is 0 Å². The number of nitrogens with zero attached hydrogens (tertiary/aromatic N) is 1. The number of nitrogens with one attached hydrogen (secondary N) is 2. The van der Waals surface area contributed by atoms with Crippen molar-refractivity contribution >= 4 is 17.7 Å². The standard InChI is InChI=1S/C22H27N3O4/c1-15-3-5-17(6-4-15)20(23-16(2)26)13-21(27)24-19-7-10-25(11-8-19)22(28)18-9-12-29-14-18/h3-6,9,12,14,19-20H,7-8,10-11,13H2,1-2H3,(H,23,26)(H,24,27). The number of rotatable bonds is 6. The van der Waals surface area contributed by atoms with E-state index in [1.807, 2.05) is 31.2 Å². The Morgan fingerprint density at radius 2 is 1.83 bits per heavy atom. The zero-order valence-corrected chi connectivity index (χ0v) is 16.8. The Bertz CT molecular complexity index is 837. The highest BCUT2D eigenvalue weighted by Gasteiger charge is 2.26. The molecule has 154 valence electrons. The number of carbonyl (C=O) groups excluding carboxylic acids is 3. The van der Waals surface area contributed by atoms with E-state index in [2.05, 4.69) is 10.6 Å². The summed E-state index contributed by atoms with van der Waals surface area (Å²) in [6, 6.07) is 9.11. The number of carbonyl (C=O) groups is 3. The summed E-state index contributed by atoms with van der Waals surface area (Å²) in [5.41, 5.74) is 2.57. The third-order valence-corrected chi connectivity index (χ3v) is 5.16. The second kappa shape index (κ2) is 9.41. The summed E-state index contributed by atoms with van der Waals surface area (Å²) in [5.74, 6) is -0.327. The topological polar surface area (TPSA) is 91.7 Å². The van der Waals surface area contributed by atoms with Gasteiger partial charge in [-0.1, -0.05) is 29.8 Å². The lowest BCUT2D eigenvalue weighted by Gasteiger charge is -2.32. The fourth-order valence-electron chi connectivity index (χ4n) is 3.56. The number of hydrogen-bond acceptors (Lipinski definition) is 4. The molecule has 0 saturated carbocycles. The van der Waals surface area contributed by atoms with Crippen LogP contribution in [0.25, 0.3) is 0 Å². The molecule has 2 heterocycles. The van der Waals surface area contributed by atoms with Crippen LogP contribution >= 0.6 is 0 Å². The molecule has 1 atom stereocenters. The third-order valence-electron chi connectivity index (χ3n) is 5.16. The van der Waals surface area contributed by atoms with Crippen LogP contribution in [0.4, 0.5) is 0 Å². The van der Waals surface area contributed by atoms with Gasteiger partial charge in [0.15, 0.2) is 0 Å². The molecule has 7 nitrogen and oxygen atoms in total. The van der Waals surface area contributed by atoms with Crippen molar-refractivity contribution in [3.05, 3.63) is 59.5 Å². The molecule has 7 heteroatoms. The van der Waals surface area contributed by atoms with Gasteiger partial charge in [0, 0.05) is 26.1 Å². The monoisotopic (exact) mass is 397 g/mol. The Balaban J connectivity index is 1.52. The van der Waals surface area contributed by atoms with E-state index < -0.39 is 0 Å². The summed E-state index contributed by atoms with van der Waals surface area (Å²) < 4.78 is 4.97. The summed E-state index contributed by atoms with van der Waals surface area (Å²) in [4.78, 5) is 38.3. The van der Waals surface area contributed by atoms with Crippen LogP contribution in [0.2, 0.25) is 0 Å². The molecule has 1 aromatic heterocycles. The number of likely N-dealkylation sites (tertiary alicyclic amines) is 1. The highest BCUT2D eigenvalue weighted by atomic mass is 16.3. The van der Waals surface area contributed by atoms with Gasteiger partial charge in [-0.05, 0) is 31.4 Å². The summed E-state index contributed by atoms with van der Waals surface area (Å²) in [6.07, 6.45) is 4.51. The van der Waals surface area contributed by atoms with Crippen molar-refractivity contribution in [1.29, 1.82) is 0 Å². The van der Waals surface area contributed by atoms with E-state index >= 15 is 0 Å².